The van der Waals surface area contributed by atoms with Crippen LogP contribution in [0.3, 0.4) is 0 Å². The first-order valence-corrected chi connectivity index (χ1v) is 9.29. The molecule has 3 heterocycles. The molecule has 1 aromatic carbocycles. The number of nitrogens with one attached hydrogen (secondary N) is 2. The minimum atomic E-state index is 0.0145. The summed E-state index contributed by atoms with van der Waals surface area (Å²) in [5.74, 6) is 0.440. The maximum Gasteiger partial charge on any atom is 0.270 e. The zero-order valence-electron chi connectivity index (χ0n) is 15.2. The van der Waals surface area contributed by atoms with Crippen molar-refractivity contribution in [2.45, 2.75) is 25.8 Å². The number of rotatable bonds is 4. The highest BCUT2D eigenvalue weighted by Gasteiger charge is 2.35. The summed E-state index contributed by atoms with van der Waals surface area (Å²) in [7, 11) is 1.57. The van der Waals surface area contributed by atoms with E-state index in [0.717, 1.165) is 52.8 Å². The lowest BCUT2D eigenvalue weighted by molar-refractivity contribution is 0.0729. The van der Waals surface area contributed by atoms with Gasteiger partial charge in [0.2, 0.25) is 0 Å². The number of fused-ring (bicyclic) bond motifs is 2. The number of nitrogens with zero attached hydrogens (tertiary/aromatic N) is 3. The number of aromatic amines is 2. The molecule has 2 aliphatic rings. The molecule has 1 aliphatic heterocycles. The number of carbonyl (C=O) groups excluding carboxylic acids is 1. The lowest BCUT2D eigenvalue weighted by Crippen LogP contribution is -2.36. The second kappa shape index (κ2) is 6.26. The Labute approximate surface area is 156 Å². The Morgan fingerprint density at radius 3 is 2.96 bits per heavy atom. The van der Waals surface area contributed by atoms with E-state index >= 15 is 0 Å². The van der Waals surface area contributed by atoms with Crippen LogP contribution >= 0.6 is 0 Å². The fraction of sp³-hybridized carbons (Fsp3) is 0.350. The molecule has 7 heteroatoms. The lowest BCUT2D eigenvalue weighted by atomic mass is 10.0. The van der Waals surface area contributed by atoms with Gasteiger partial charge in [-0.05, 0) is 25.0 Å². The van der Waals surface area contributed by atoms with Crippen LogP contribution in [0.1, 0.15) is 40.3 Å². The van der Waals surface area contributed by atoms with Crippen molar-refractivity contribution in [2.24, 2.45) is 11.1 Å². The van der Waals surface area contributed by atoms with Crippen molar-refractivity contribution in [1.82, 2.24) is 20.1 Å². The molecule has 0 saturated heterocycles. The van der Waals surface area contributed by atoms with Gasteiger partial charge in [-0.1, -0.05) is 23.4 Å². The highest BCUT2D eigenvalue weighted by molar-refractivity contribution is 6.03. The number of benzene rings is 1. The van der Waals surface area contributed by atoms with Crippen molar-refractivity contribution < 1.29 is 9.63 Å². The predicted molar refractivity (Wildman–Crippen MR) is 102 cm³/mol. The highest BCUT2D eigenvalue weighted by Crippen LogP contribution is 2.35. The summed E-state index contributed by atoms with van der Waals surface area (Å²) in [5.41, 5.74) is 5.53. The van der Waals surface area contributed by atoms with Crippen LogP contribution in [0.5, 0.6) is 0 Å². The van der Waals surface area contributed by atoms with Gasteiger partial charge in [-0.25, -0.2) is 0 Å². The number of amides is 1. The molecule has 138 valence electrons. The summed E-state index contributed by atoms with van der Waals surface area (Å²) >= 11 is 0. The standard InChI is InChI=1S/C20H21N5O2/c1-27-24-18(12-6-7-12)19-14-11-25(9-8-16(14)22-23-19)20(26)17-10-13-4-2-3-5-15(13)21-17/h2-5,10,12,21H,6-9,11H2,1H3,(H,22,23)/b24-18-. The van der Waals surface area contributed by atoms with E-state index in [1.807, 2.05) is 35.2 Å². The van der Waals surface area contributed by atoms with Crippen molar-refractivity contribution in [2.75, 3.05) is 13.7 Å². The van der Waals surface area contributed by atoms with Crippen molar-refractivity contribution in [3.8, 4) is 0 Å². The summed E-state index contributed by atoms with van der Waals surface area (Å²) in [6, 6.07) is 9.86. The van der Waals surface area contributed by atoms with Gasteiger partial charge in [0, 0.05) is 35.3 Å². The molecule has 2 N–H and O–H groups in total. The molecule has 1 aliphatic carbocycles. The van der Waals surface area contributed by atoms with Crippen molar-refractivity contribution in [3.63, 3.8) is 0 Å². The summed E-state index contributed by atoms with van der Waals surface area (Å²) in [5, 5.41) is 12.9. The van der Waals surface area contributed by atoms with E-state index in [1.165, 1.54) is 0 Å². The molecule has 0 atom stereocenters. The van der Waals surface area contributed by atoms with E-state index in [-0.39, 0.29) is 5.91 Å². The van der Waals surface area contributed by atoms with Gasteiger partial charge in [0.1, 0.15) is 18.5 Å². The van der Waals surface area contributed by atoms with Crippen molar-refractivity contribution >= 4 is 22.5 Å². The smallest absolute Gasteiger partial charge is 0.270 e. The Balaban J connectivity index is 1.44. The number of carbonyl (C=O) groups is 1. The molecular formula is C20H21N5O2. The second-order valence-corrected chi connectivity index (χ2v) is 7.20. The van der Waals surface area contributed by atoms with Gasteiger partial charge in [0.05, 0.1) is 17.9 Å². The van der Waals surface area contributed by atoms with Gasteiger partial charge >= 0.3 is 0 Å². The molecule has 5 rings (SSSR count). The second-order valence-electron chi connectivity index (χ2n) is 7.20. The van der Waals surface area contributed by atoms with E-state index in [1.54, 1.807) is 7.11 Å². The normalized spacial score (nSPS) is 17.2. The van der Waals surface area contributed by atoms with Gasteiger partial charge in [-0.15, -0.1) is 0 Å². The molecule has 1 amide bonds. The topological polar surface area (TPSA) is 86.4 Å². The van der Waals surface area contributed by atoms with Gasteiger partial charge in [-0.2, -0.15) is 5.10 Å². The van der Waals surface area contributed by atoms with Gasteiger partial charge in [-0.3, -0.25) is 9.89 Å². The summed E-state index contributed by atoms with van der Waals surface area (Å²) in [6.07, 6.45) is 2.98. The van der Waals surface area contributed by atoms with Crippen LogP contribution < -0.4 is 0 Å². The fourth-order valence-corrected chi connectivity index (χ4v) is 3.81. The molecule has 0 bridgehead atoms. The summed E-state index contributed by atoms with van der Waals surface area (Å²) in [6.45, 7) is 1.19. The maximum absolute atomic E-state index is 13.1. The van der Waals surface area contributed by atoms with E-state index in [2.05, 4.69) is 20.3 Å². The zero-order chi connectivity index (χ0) is 18.4. The van der Waals surface area contributed by atoms with Crippen LogP contribution in [0.4, 0.5) is 0 Å². The quantitative estimate of drug-likeness (QED) is 0.552. The third-order valence-corrected chi connectivity index (χ3v) is 5.38. The number of para-hydroxylation sites is 1. The number of H-pyrrole nitrogens is 2. The molecular weight excluding hydrogens is 342 g/mol. The first-order valence-electron chi connectivity index (χ1n) is 9.29. The molecule has 0 spiro atoms. The Morgan fingerprint density at radius 1 is 1.33 bits per heavy atom. The third kappa shape index (κ3) is 2.79. The average molecular weight is 363 g/mol. The first kappa shape index (κ1) is 16.1. The predicted octanol–water partition coefficient (Wildman–Crippen LogP) is 2.85. The molecule has 27 heavy (non-hydrogen) atoms. The van der Waals surface area contributed by atoms with Gasteiger partial charge in [0.15, 0.2) is 0 Å². The van der Waals surface area contributed by atoms with Gasteiger partial charge in [0.25, 0.3) is 5.91 Å². The van der Waals surface area contributed by atoms with E-state index in [9.17, 15) is 4.79 Å². The van der Waals surface area contributed by atoms with E-state index in [4.69, 9.17) is 4.84 Å². The Morgan fingerprint density at radius 2 is 2.19 bits per heavy atom. The van der Waals surface area contributed by atoms with Crippen LogP contribution in [-0.4, -0.2) is 45.4 Å². The Hall–Kier alpha value is -3.09. The Kier molecular flexibility index (Phi) is 3.74. The SMILES string of the molecule is CO/N=C(\c1[nH]nc2c1CN(C(=O)c1cc3ccccc3[nH]1)CC2)C1CC1. The molecule has 3 aromatic rings. The van der Waals surface area contributed by atoms with Crippen LogP contribution in [0.15, 0.2) is 35.5 Å². The minimum Gasteiger partial charge on any atom is -0.399 e. The van der Waals surface area contributed by atoms with Crippen LogP contribution in [0, 0.1) is 5.92 Å². The molecule has 2 aromatic heterocycles. The molecule has 0 radical (unpaired) electrons. The fourth-order valence-electron chi connectivity index (χ4n) is 3.81. The number of hydrogen-bond donors (Lipinski definition) is 2. The lowest BCUT2D eigenvalue weighted by Gasteiger charge is -2.26. The Bertz CT molecular complexity index is 1010. The number of hydrogen-bond acceptors (Lipinski definition) is 4. The molecule has 0 unspecified atom stereocenters. The number of oxime groups is 1. The van der Waals surface area contributed by atoms with Crippen LogP contribution in [0.25, 0.3) is 10.9 Å². The minimum absolute atomic E-state index is 0.0145. The van der Waals surface area contributed by atoms with Crippen LogP contribution in [-0.2, 0) is 17.8 Å². The zero-order valence-corrected chi connectivity index (χ0v) is 15.2. The summed E-state index contributed by atoms with van der Waals surface area (Å²) < 4.78 is 0. The molecule has 7 nitrogen and oxygen atoms in total. The van der Waals surface area contributed by atoms with Crippen molar-refractivity contribution in [3.05, 3.63) is 53.0 Å². The first-order chi connectivity index (χ1) is 13.2. The summed E-state index contributed by atoms with van der Waals surface area (Å²) in [4.78, 5) is 23.2. The van der Waals surface area contributed by atoms with Gasteiger partial charge < -0.3 is 14.7 Å². The van der Waals surface area contributed by atoms with Crippen molar-refractivity contribution in [1.29, 1.82) is 0 Å². The average Bonchev–Trinajstić information content (AvgIpc) is 3.30. The highest BCUT2D eigenvalue weighted by atomic mass is 16.6. The van der Waals surface area contributed by atoms with E-state index < -0.39 is 0 Å². The third-order valence-electron chi connectivity index (χ3n) is 5.38. The maximum atomic E-state index is 13.1. The van der Waals surface area contributed by atoms with Crippen LogP contribution in [0.2, 0.25) is 0 Å². The number of aromatic nitrogens is 3. The van der Waals surface area contributed by atoms with E-state index in [0.29, 0.717) is 24.7 Å². The molecule has 1 saturated carbocycles. The molecule has 1 fully saturated rings. The largest absolute Gasteiger partial charge is 0.399 e. The monoisotopic (exact) mass is 363 g/mol.